The van der Waals surface area contributed by atoms with Crippen molar-refractivity contribution in [3.05, 3.63) is 24.0 Å². The van der Waals surface area contributed by atoms with Gasteiger partial charge < -0.3 is 10.3 Å². The maximum absolute atomic E-state index is 11.5. The predicted molar refractivity (Wildman–Crippen MR) is 78.8 cm³/mol. The first-order valence-corrected chi connectivity index (χ1v) is 6.79. The van der Waals surface area contributed by atoms with E-state index in [-0.39, 0.29) is 11.3 Å². The fourth-order valence-corrected chi connectivity index (χ4v) is 1.92. The first-order valence-electron chi connectivity index (χ1n) is 6.26. The fourth-order valence-electron chi connectivity index (χ4n) is 1.75. The lowest BCUT2D eigenvalue weighted by Gasteiger charge is -2.13. The number of aromatic nitrogens is 2. The fraction of sp³-hybridized carbons (Fsp3) is 0.429. The average Bonchev–Trinajstić information content (AvgIpc) is 2.71. The summed E-state index contributed by atoms with van der Waals surface area (Å²) >= 11 is 5.53. The monoisotopic (exact) mass is 279 g/mol. The van der Waals surface area contributed by atoms with Crippen LogP contribution in [0, 0.1) is 0 Å². The zero-order chi connectivity index (χ0) is 14.0. The van der Waals surface area contributed by atoms with Gasteiger partial charge in [-0.3, -0.25) is 4.79 Å². The molecule has 102 valence electrons. The summed E-state index contributed by atoms with van der Waals surface area (Å²) in [6.07, 6.45) is 0.315. The minimum Gasteiger partial charge on any atom is -0.341 e. The van der Waals surface area contributed by atoms with E-state index in [1.165, 1.54) is 0 Å². The highest BCUT2D eigenvalue weighted by Crippen LogP contribution is 2.24. The van der Waals surface area contributed by atoms with Crippen molar-refractivity contribution in [1.82, 2.24) is 9.97 Å². The molecule has 0 aliphatic carbocycles. The van der Waals surface area contributed by atoms with Gasteiger partial charge in [-0.05, 0) is 18.2 Å². The number of amides is 1. The van der Waals surface area contributed by atoms with Crippen LogP contribution >= 0.6 is 11.6 Å². The number of aromatic amines is 1. The molecule has 0 bridgehead atoms. The minimum atomic E-state index is -0.0788. The lowest BCUT2D eigenvalue weighted by atomic mass is 9.96. The molecule has 0 aliphatic heterocycles. The van der Waals surface area contributed by atoms with Crippen molar-refractivity contribution in [2.45, 2.75) is 32.6 Å². The van der Waals surface area contributed by atoms with Crippen LogP contribution in [0.2, 0.25) is 0 Å². The van der Waals surface area contributed by atoms with Crippen molar-refractivity contribution in [2.24, 2.45) is 0 Å². The highest BCUT2D eigenvalue weighted by molar-refractivity contribution is 6.19. The van der Waals surface area contributed by atoms with Crippen molar-refractivity contribution < 1.29 is 4.79 Å². The molecule has 1 aromatic carbocycles. The molecule has 0 radical (unpaired) electrons. The number of hydrogen-bond donors (Lipinski definition) is 2. The summed E-state index contributed by atoms with van der Waals surface area (Å²) in [6.45, 7) is 6.32. The number of rotatable bonds is 3. The molecular weight excluding hydrogens is 262 g/mol. The third-order valence-electron chi connectivity index (χ3n) is 2.80. The molecule has 2 rings (SSSR count). The van der Waals surface area contributed by atoms with Crippen LogP contribution in [0.5, 0.6) is 0 Å². The van der Waals surface area contributed by atoms with E-state index >= 15 is 0 Å². The molecule has 19 heavy (non-hydrogen) atoms. The maximum atomic E-state index is 11.5. The van der Waals surface area contributed by atoms with Gasteiger partial charge in [0.15, 0.2) is 0 Å². The van der Waals surface area contributed by atoms with Gasteiger partial charge >= 0.3 is 0 Å². The molecule has 2 N–H and O–H groups in total. The number of imidazole rings is 1. The quantitative estimate of drug-likeness (QED) is 0.846. The van der Waals surface area contributed by atoms with Crippen molar-refractivity contribution in [2.75, 3.05) is 11.2 Å². The predicted octanol–water partition coefficient (Wildman–Crippen LogP) is 3.43. The van der Waals surface area contributed by atoms with E-state index in [0.29, 0.717) is 12.3 Å². The molecule has 0 unspecified atom stereocenters. The van der Waals surface area contributed by atoms with Crippen LogP contribution in [0.15, 0.2) is 18.2 Å². The van der Waals surface area contributed by atoms with E-state index in [1.807, 2.05) is 18.2 Å². The Hall–Kier alpha value is -1.55. The third-order valence-corrected chi connectivity index (χ3v) is 2.99. The SMILES string of the molecule is CC(C)(C)c1nc2ccc(NC(=O)CCCl)cc2[nH]1. The Morgan fingerprint density at radius 3 is 2.79 bits per heavy atom. The van der Waals surface area contributed by atoms with Gasteiger partial charge in [-0.15, -0.1) is 11.6 Å². The number of anilines is 1. The van der Waals surface area contributed by atoms with E-state index in [9.17, 15) is 4.79 Å². The Morgan fingerprint density at radius 2 is 2.16 bits per heavy atom. The first kappa shape index (κ1) is 13.9. The molecule has 0 atom stereocenters. The zero-order valence-corrected chi connectivity index (χ0v) is 12.1. The summed E-state index contributed by atoms with van der Waals surface area (Å²) in [5.74, 6) is 1.18. The number of halogens is 1. The van der Waals surface area contributed by atoms with E-state index in [2.05, 4.69) is 36.1 Å². The van der Waals surface area contributed by atoms with Crippen LogP contribution < -0.4 is 5.32 Å². The van der Waals surface area contributed by atoms with Gasteiger partial charge in [0, 0.05) is 23.4 Å². The lowest BCUT2D eigenvalue weighted by molar-refractivity contribution is -0.115. The molecule has 1 aromatic heterocycles. The molecule has 4 nitrogen and oxygen atoms in total. The Morgan fingerprint density at radius 1 is 1.42 bits per heavy atom. The summed E-state index contributed by atoms with van der Waals surface area (Å²) in [5, 5.41) is 2.81. The van der Waals surface area contributed by atoms with Crippen LogP contribution in [0.3, 0.4) is 0 Å². The molecular formula is C14H18ClN3O. The summed E-state index contributed by atoms with van der Waals surface area (Å²) in [7, 11) is 0. The number of H-pyrrole nitrogens is 1. The van der Waals surface area contributed by atoms with E-state index in [1.54, 1.807) is 0 Å². The normalized spacial score (nSPS) is 11.8. The standard InChI is InChI=1S/C14H18ClN3O/c1-14(2,3)13-17-10-5-4-9(8-11(10)18-13)16-12(19)6-7-15/h4-5,8H,6-7H2,1-3H3,(H,16,19)(H,17,18). The van der Waals surface area contributed by atoms with Gasteiger partial charge in [0.05, 0.1) is 11.0 Å². The second-order valence-electron chi connectivity index (χ2n) is 5.55. The third kappa shape index (κ3) is 3.26. The summed E-state index contributed by atoms with van der Waals surface area (Å²) in [6, 6.07) is 5.64. The van der Waals surface area contributed by atoms with E-state index in [0.717, 1.165) is 22.5 Å². The van der Waals surface area contributed by atoms with Gasteiger partial charge in [0.2, 0.25) is 5.91 Å². The number of hydrogen-bond acceptors (Lipinski definition) is 2. The highest BCUT2D eigenvalue weighted by atomic mass is 35.5. The maximum Gasteiger partial charge on any atom is 0.225 e. The molecule has 5 heteroatoms. The molecule has 1 amide bonds. The Bertz CT molecular complexity index is 598. The van der Waals surface area contributed by atoms with Gasteiger partial charge in [-0.25, -0.2) is 4.98 Å². The molecule has 0 fully saturated rings. The largest absolute Gasteiger partial charge is 0.341 e. The van der Waals surface area contributed by atoms with Gasteiger partial charge in [0.1, 0.15) is 5.82 Å². The zero-order valence-electron chi connectivity index (χ0n) is 11.4. The van der Waals surface area contributed by atoms with Crippen LogP contribution in [0.1, 0.15) is 33.0 Å². The summed E-state index contributed by atoms with van der Waals surface area (Å²) in [4.78, 5) is 19.3. The molecule has 0 aliphatic rings. The Kier molecular flexibility index (Phi) is 3.80. The Balaban J connectivity index is 2.28. The smallest absolute Gasteiger partial charge is 0.225 e. The summed E-state index contributed by atoms with van der Waals surface area (Å²) < 4.78 is 0. The number of carbonyl (C=O) groups excluding carboxylic acids is 1. The second-order valence-corrected chi connectivity index (χ2v) is 5.93. The minimum absolute atomic E-state index is 0.0267. The Labute approximate surface area is 117 Å². The van der Waals surface area contributed by atoms with Crippen LogP contribution in [-0.4, -0.2) is 21.8 Å². The molecule has 2 aromatic rings. The second kappa shape index (κ2) is 5.21. The van der Waals surface area contributed by atoms with Crippen molar-refractivity contribution in [3.8, 4) is 0 Å². The number of nitrogens with zero attached hydrogens (tertiary/aromatic N) is 1. The highest BCUT2D eigenvalue weighted by Gasteiger charge is 2.18. The molecule has 0 saturated carbocycles. The van der Waals surface area contributed by atoms with Crippen LogP contribution in [0.4, 0.5) is 5.69 Å². The number of nitrogens with one attached hydrogen (secondary N) is 2. The van der Waals surface area contributed by atoms with Crippen molar-refractivity contribution in [3.63, 3.8) is 0 Å². The van der Waals surface area contributed by atoms with Crippen LogP contribution in [0.25, 0.3) is 11.0 Å². The molecule has 0 spiro atoms. The van der Waals surface area contributed by atoms with Crippen molar-refractivity contribution in [1.29, 1.82) is 0 Å². The average molecular weight is 280 g/mol. The topological polar surface area (TPSA) is 57.8 Å². The van der Waals surface area contributed by atoms with Gasteiger partial charge in [-0.2, -0.15) is 0 Å². The molecule has 0 saturated heterocycles. The van der Waals surface area contributed by atoms with Gasteiger partial charge in [-0.1, -0.05) is 20.8 Å². The van der Waals surface area contributed by atoms with Gasteiger partial charge in [0.25, 0.3) is 0 Å². The first-order chi connectivity index (χ1) is 8.90. The lowest BCUT2D eigenvalue weighted by Crippen LogP contribution is -2.13. The number of benzene rings is 1. The molecule has 1 heterocycles. The number of alkyl halides is 1. The van der Waals surface area contributed by atoms with E-state index in [4.69, 9.17) is 11.6 Å². The van der Waals surface area contributed by atoms with Crippen molar-refractivity contribution >= 4 is 34.2 Å². The number of fused-ring (bicyclic) bond motifs is 1. The van der Waals surface area contributed by atoms with Crippen LogP contribution in [-0.2, 0) is 10.2 Å². The number of carbonyl (C=O) groups is 1. The summed E-state index contributed by atoms with van der Waals surface area (Å²) in [5.41, 5.74) is 2.56. The van der Waals surface area contributed by atoms with E-state index < -0.39 is 0 Å².